The first-order valence-electron chi connectivity index (χ1n) is 7.72. The van der Waals surface area contributed by atoms with Crippen LogP contribution in [-0.2, 0) is 14.3 Å². The molecule has 3 atom stereocenters. The average molecular weight is 328 g/mol. The molecule has 1 spiro atoms. The van der Waals surface area contributed by atoms with Crippen molar-refractivity contribution in [3.63, 3.8) is 0 Å². The Morgan fingerprint density at radius 1 is 1.35 bits per heavy atom. The molecule has 23 heavy (non-hydrogen) atoms. The number of rotatable bonds is 3. The maximum Gasteiger partial charge on any atom is 0.411 e. The van der Waals surface area contributed by atoms with Gasteiger partial charge >= 0.3 is 12.1 Å². The average Bonchev–Trinajstić information content (AvgIpc) is 2.81. The number of ether oxygens (including phenoxy) is 1. The number of carboxylic acid groups (broad SMARTS) is 1. The number of aliphatic hydroxyl groups is 1. The van der Waals surface area contributed by atoms with Crippen LogP contribution in [0.5, 0.6) is 0 Å². The third kappa shape index (κ3) is 2.99. The third-order valence-electron chi connectivity index (χ3n) is 4.24. The fraction of sp³-hybridized carbons (Fsp3) is 0.800. The molecule has 8 nitrogen and oxygen atoms in total. The van der Waals surface area contributed by atoms with Gasteiger partial charge in [0.2, 0.25) is 0 Å². The first-order valence-corrected chi connectivity index (χ1v) is 7.72. The van der Waals surface area contributed by atoms with E-state index in [2.05, 4.69) is 0 Å². The lowest BCUT2D eigenvalue weighted by atomic mass is 9.83. The number of β-lactam (4-membered cyclic amide) rings is 1. The summed E-state index contributed by atoms with van der Waals surface area (Å²) in [4.78, 5) is 38.7. The van der Waals surface area contributed by atoms with E-state index < -0.39 is 41.3 Å². The van der Waals surface area contributed by atoms with Crippen molar-refractivity contribution in [1.82, 2.24) is 9.80 Å². The number of carbonyl (C=O) groups excluding carboxylic acids is 2. The lowest BCUT2D eigenvalue weighted by Crippen LogP contribution is -2.76. The van der Waals surface area contributed by atoms with Crippen molar-refractivity contribution in [3.05, 3.63) is 0 Å². The predicted octanol–water partition coefficient (Wildman–Crippen LogP) is 0.432. The van der Waals surface area contributed by atoms with E-state index in [1.165, 1.54) is 11.8 Å². The van der Waals surface area contributed by atoms with Crippen LogP contribution in [-0.4, -0.2) is 74.4 Å². The summed E-state index contributed by atoms with van der Waals surface area (Å²) in [6, 6.07) is -1.30. The van der Waals surface area contributed by atoms with Crippen LogP contribution in [0.25, 0.3) is 0 Å². The highest BCUT2D eigenvalue weighted by Crippen LogP contribution is 2.41. The SMILES string of the molecule is CC(O)C(C(=O)O)N1C[C@]2(CCCN2C(=O)OC(C)(C)C)C1=O. The normalized spacial score (nSPS) is 26.9. The molecule has 130 valence electrons. The van der Waals surface area contributed by atoms with Crippen LogP contribution >= 0.6 is 0 Å². The van der Waals surface area contributed by atoms with Crippen molar-refractivity contribution in [2.24, 2.45) is 0 Å². The quantitative estimate of drug-likeness (QED) is 0.728. The van der Waals surface area contributed by atoms with Gasteiger partial charge in [0, 0.05) is 6.54 Å². The van der Waals surface area contributed by atoms with Gasteiger partial charge in [-0.2, -0.15) is 0 Å². The van der Waals surface area contributed by atoms with Crippen LogP contribution in [0.4, 0.5) is 4.79 Å². The van der Waals surface area contributed by atoms with E-state index in [0.717, 1.165) is 4.90 Å². The molecule has 2 N–H and O–H groups in total. The smallest absolute Gasteiger partial charge is 0.411 e. The van der Waals surface area contributed by atoms with Gasteiger partial charge in [0.25, 0.3) is 5.91 Å². The van der Waals surface area contributed by atoms with Crippen molar-refractivity contribution in [2.45, 2.75) is 63.8 Å². The van der Waals surface area contributed by atoms with Crippen LogP contribution in [0.3, 0.4) is 0 Å². The van der Waals surface area contributed by atoms with Crippen LogP contribution in [0.2, 0.25) is 0 Å². The number of hydrogen-bond acceptors (Lipinski definition) is 5. The maximum absolute atomic E-state index is 12.6. The van der Waals surface area contributed by atoms with E-state index in [0.29, 0.717) is 19.4 Å². The van der Waals surface area contributed by atoms with E-state index >= 15 is 0 Å². The van der Waals surface area contributed by atoms with Crippen LogP contribution in [0.1, 0.15) is 40.5 Å². The summed E-state index contributed by atoms with van der Waals surface area (Å²) in [5.74, 6) is -1.70. The molecule has 8 heteroatoms. The molecule has 2 fully saturated rings. The summed E-state index contributed by atoms with van der Waals surface area (Å²) in [5, 5.41) is 18.8. The summed E-state index contributed by atoms with van der Waals surface area (Å²) in [6.07, 6.45) is -0.615. The Morgan fingerprint density at radius 3 is 2.39 bits per heavy atom. The van der Waals surface area contributed by atoms with Crippen molar-refractivity contribution >= 4 is 18.0 Å². The Bertz CT molecular complexity index is 527. The van der Waals surface area contributed by atoms with Gasteiger partial charge in [0.05, 0.1) is 12.6 Å². The molecule has 2 saturated heterocycles. The van der Waals surface area contributed by atoms with Crippen molar-refractivity contribution < 1.29 is 29.3 Å². The number of aliphatic hydroxyl groups excluding tert-OH is 1. The largest absolute Gasteiger partial charge is 0.480 e. The number of aliphatic carboxylic acids is 1. The highest BCUT2D eigenvalue weighted by Gasteiger charge is 2.63. The van der Waals surface area contributed by atoms with Crippen LogP contribution < -0.4 is 0 Å². The van der Waals surface area contributed by atoms with E-state index in [-0.39, 0.29) is 6.54 Å². The summed E-state index contributed by atoms with van der Waals surface area (Å²) in [5.41, 5.74) is -1.69. The summed E-state index contributed by atoms with van der Waals surface area (Å²) in [6.45, 7) is 7.08. The lowest BCUT2D eigenvalue weighted by Gasteiger charge is -2.53. The molecular weight excluding hydrogens is 304 g/mol. The standard InChI is InChI=1S/C15H24N2O6/c1-9(18)10(11(19)20)16-8-15(12(16)21)6-5-7-17(15)13(22)23-14(2,3)4/h9-10,18H,5-8H2,1-4H3,(H,19,20)/t9?,10?,15-/m1/s1. The minimum absolute atomic E-state index is 0.104. The fourth-order valence-electron chi connectivity index (χ4n) is 3.27. The second-order valence-electron chi connectivity index (χ2n) is 7.22. The summed E-state index contributed by atoms with van der Waals surface area (Å²) >= 11 is 0. The molecule has 2 unspecified atom stereocenters. The third-order valence-corrected chi connectivity index (χ3v) is 4.24. The van der Waals surface area contributed by atoms with Crippen molar-refractivity contribution in [2.75, 3.05) is 13.1 Å². The molecular formula is C15H24N2O6. The Kier molecular flexibility index (Phi) is 4.32. The highest BCUT2D eigenvalue weighted by atomic mass is 16.6. The van der Waals surface area contributed by atoms with Gasteiger partial charge in [-0.15, -0.1) is 0 Å². The molecule has 0 radical (unpaired) electrons. The van der Waals surface area contributed by atoms with E-state index in [1.807, 2.05) is 0 Å². The van der Waals surface area contributed by atoms with Crippen molar-refractivity contribution in [3.8, 4) is 0 Å². The van der Waals surface area contributed by atoms with Gasteiger partial charge in [0.15, 0.2) is 6.04 Å². The first-order chi connectivity index (χ1) is 10.5. The Hall–Kier alpha value is -1.83. The molecule has 0 aromatic heterocycles. The Balaban J connectivity index is 2.16. The molecule has 0 aromatic rings. The second-order valence-corrected chi connectivity index (χ2v) is 7.22. The second kappa shape index (κ2) is 5.67. The number of hydrogen-bond donors (Lipinski definition) is 2. The zero-order valence-corrected chi connectivity index (χ0v) is 13.9. The zero-order valence-electron chi connectivity index (χ0n) is 13.9. The number of likely N-dealkylation sites (tertiary alicyclic amines) is 2. The monoisotopic (exact) mass is 328 g/mol. The number of carbonyl (C=O) groups is 3. The molecule has 0 bridgehead atoms. The van der Waals surface area contributed by atoms with Gasteiger partial charge < -0.3 is 19.8 Å². The minimum Gasteiger partial charge on any atom is -0.480 e. The van der Waals surface area contributed by atoms with Gasteiger partial charge in [-0.25, -0.2) is 9.59 Å². The molecule has 0 aromatic carbocycles. The lowest BCUT2D eigenvalue weighted by molar-refractivity contribution is -0.176. The van der Waals surface area contributed by atoms with Gasteiger partial charge in [0.1, 0.15) is 11.1 Å². The maximum atomic E-state index is 12.6. The van der Waals surface area contributed by atoms with Crippen molar-refractivity contribution in [1.29, 1.82) is 0 Å². The van der Waals surface area contributed by atoms with Gasteiger partial charge in [-0.05, 0) is 40.5 Å². The molecule has 2 amide bonds. The summed E-state index contributed by atoms with van der Waals surface area (Å²) in [7, 11) is 0. The predicted molar refractivity (Wildman–Crippen MR) is 79.7 cm³/mol. The Labute approximate surface area is 135 Å². The highest BCUT2D eigenvalue weighted by molar-refractivity contribution is 5.98. The molecule has 0 saturated carbocycles. The van der Waals surface area contributed by atoms with E-state index in [9.17, 15) is 24.6 Å². The molecule has 2 rings (SSSR count). The van der Waals surface area contributed by atoms with Crippen LogP contribution in [0.15, 0.2) is 0 Å². The number of carboxylic acids is 1. The fourth-order valence-corrected chi connectivity index (χ4v) is 3.27. The number of amides is 2. The number of nitrogens with zero attached hydrogens (tertiary/aromatic N) is 2. The summed E-state index contributed by atoms with van der Waals surface area (Å²) < 4.78 is 5.34. The first kappa shape index (κ1) is 17.5. The molecule has 0 aliphatic carbocycles. The molecule has 2 aliphatic rings. The van der Waals surface area contributed by atoms with Gasteiger partial charge in [-0.3, -0.25) is 9.69 Å². The topological polar surface area (TPSA) is 107 Å². The van der Waals surface area contributed by atoms with Crippen LogP contribution in [0, 0.1) is 0 Å². The Morgan fingerprint density at radius 2 is 1.96 bits per heavy atom. The van der Waals surface area contributed by atoms with E-state index in [4.69, 9.17) is 4.74 Å². The zero-order chi connectivity index (χ0) is 17.6. The molecule has 2 heterocycles. The van der Waals surface area contributed by atoms with Gasteiger partial charge in [-0.1, -0.05) is 0 Å². The molecule has 2 aliphatic heterocycles. The minimum atomic E-state index is -1.30. The van der Waals surface area contributed by atoms with E-state index in [1.54, 1.807) is 20.8 Å².